The van der Waals surface area contributed by atoms with Crippen LogP contribution in [0.1, 0.15) is 15.9 Å². The number of carbonyl (C=O) groups excluding carboxylic acids is 1. The number of ether oxygens (including phenoxy) is 1. The van der Waals surface area contributed by atoms with E-state index in [0.717, 1.165) is 5.56 Å². The van der Waals surface area contributed by atoms with Gasteiger partial charge in [0.15, 0.2) is 6.61 Å². The van der Waals surface area contributed by atoms with Crippen molar-refractivity contribution in [1.29, 1.82) is 0 Å². The molecule has 0 aliphatic rings. The number of carboxylic acid groups (broad SMARTS) is 1. The Morgan fingerprint density at radius 1 is 1.10 bits per heavy atom. The van der Waals surface area contributed by atoms with Gasteiger partial charge >= 0.3 is 5.97 Å². The van der Waals surface area contributed by atoms with E-state index in [0.29, 0.717) is 17.0 Å². The third-order valence-electron chi connectivity index (χ3n) is 2.88. The average Bonchev–Trinajstić information content (AvgIpc) is 2.46. The molecule has 2 aromatic rings. The fraction of sp³-hybridized carbons (Fsp3) is 0.125. The molecular formula is C16H15NO4. The van der Waals surface area contributed by atoms with Gasteiger partial charge in [0.25, 0.3) is 5.91 Å². The number of rotatable bonds is 5. The van der Waals surface area contributed by atoms with Crippen LogP contribution < -0.4 is 10.1 Å². The summed E-state index contributed by atoms with van der Waals surface area (Å²) in [6, 6.07) is 13.9. The van der Waals surface area contributed by atoms with Crippen LogP contribution in [0.3, 0.4) is 0 Å². The van der Waals surface area contributed by atoms with Crippen molar-refractivity contribution in [3.05, 3.63) is 59.7 Å². The summed E-state index contributed by atoms with van der Waals surface area (Å²) in [6.45, 7) is 1.39. The molecular weight excluding hydrogens is 270 g/mol. The fourth-order valence-corrected chi connectivity index (χ4v) is 1.85. The van der Waals surface area contributed by atoms with E-state index in [-0.39, 0.29) is 5.91 Å². The lowest BCUT2D eigenvalue weighted by Crippen LogP contribution is -2.15. The molecule has 5 heteroatoms. The molecule has 2 rings (SSSR count). The summed E-state index contributed by atoms with van der Waals surface area (Å²) in [5.41, 5.74) is 1.86. The second kappa shape index (κ2) is 6.56. The van der Waals surface area contributed by atoms with E-state index in [4.69, 9.17) is 9.84 Å². The third kappa shape index (κ3) is 3.82. The van der Waals surface area contributed by atoms with E-state index in [9.17, 15) is 9.59 Å². The van der Waals surface area contributed by atoms with Crippen molar-refractivity contribution in [2.75, 3.05) is 11.9 Å². The predicted octanol–water partition coefficient (Wildman–Crippen LogP) is 2.71. The van der Waals surface area contributed by atoms with E-state index in [1.165, 1.54) is 0 Å². The minimum Gasteiger partial charge on any atom is -0.480 e. The first-order valence-corrected chi connectivity index (χ1v) is 6.38. The number of para-hydroxylation sites is 2. The molecule has 0 aromatic heterocycles. The summed E-state index contributed by atoms with van der Waals surface area (Å²) in [6.07, 6.45) is 0. The second-order valence-electron chi connectivity index (χ2n) is 4.45. The van der Waals surface area contributed by atoms with Crippen molar-refractivity contribution < 1.29 is 19.4 Å². The van der Waals surface area contributed by atoms with Crippen LogP contribution in [0.2, 0.25) is 0 Å². The van der Waals surface area contributed by atoms with Crippen LogP contribution in [0.4, 0.5) is 5.69 Å². The van der Waals surface area contributed by atoms with Crippen molar-refractivity contribution >= 4 is 17.6 Å². The van der Waals surface area contributed by atoms with Crippen LogP contribution in [-0.2, 0) is 4.79 Å². The highest BCUT2D eigenvalue weighted by atomic mass is 16.5. The maximum atomic E-state index is 12.2. The number of amides is 1. The Kier molecular flexibility index (Phi) is 4.56. The number of carboxylic acids is 1. The topological polar surface area (TPSA) is 75.6 Å². The Labute approximate surface area is 122 Å². The van der Waals surface area contributed by atoms with Crippen LogP contribution in [0.15, 0.2) is 48.5 Å². The van der Waals surface area contributed by atoms with Gasteiger partial charge in [-0.3, -0.25) is 4.79 Å². The maximum Gasteiger partial charge on any atom is 0.341 e. The van der Waals surface area contributed by atoms with Gasteiger partial charge in [0.1, 0.15) is 5.75 Å². The minimum atomic E-state index is -1.07. The molecule has 0 saturated heterocycles. The predicted molar refractivity (Wildman–Crippen MR) is 78.7 cm³/mol. The Morgan fingerprint density at radius 3 is 2.48 bits per heavy atom. The standard InChI is InChI=1S/C16H15NO4/c1-11-6-2-3-7-12(11)16(20)17-13-8-4-5-9-14(13)21-10-15(18)19/h2-9H,10H2,1H3,(H,17,20)(H,18,19). The number of nitrogens with one attached hydrogen (secondary N) is 1. The summed E-state index contributed by atoms with van der Waals surface area (Å²) < 4.78 is 5.15. The smallest absolute Gasteiger partial charge is 0.341 e. The second-order valence-corrected chi connectivity index (χ2v) is 4.45. The summed E-state index contributed by atoms with van der Waals surface area (Å²) in [5.74, 6) is -1.02. The number of benzene rings is 2. The van der Waals surface area contributed by atoms with Gasteiger partial charge in [-0.1, -0.05) is 30.3 Å². The molecule has 2 aromatic carbocycles. The highest BCUT2D eigenvalue weighted by molar-refractivity contribution is 6.05. The molecule has 0 aliphatic heterocycles. The third-order valence-corrected chi connectivity index (χ3v) is 2.88. The molecule has 0 atom stereocenters. The van der Waals surface area contributed by atoms with Crippen molar-refractivity contribution in [1.82, 2.24) is 0 Å². The number of aliphatic carboxylic acids is 1. The molecule has 0 radical (unpaired) electrons. The maximum absolute atomic E-state index is 12.2. The lowest BCUT2D eigenvalue weighted by atomic mass is 10.1. The van der Waals surface area contributed by atoms with Gasteiger partial charge in [-0.05, 0) is 30.7 Å². The molecule has 0 unspecified atom stereocenters. The summed E-state index contributed by atoms with van der Waals surface area (Å²) in [5, 5.41) is 11.4. The molecule has 108 valence electrons. The van der Waals surface area contributed by atoms with Gasteiger partial charge < -0.3 is 15.2 Å². The van der Waals surface area contributed by atoms with Gasteiger partial charge in [0, 0.05) is 5.56 Å². The summed E-state index contributed by atoms with van der Waals surface area (Å²) in [7, 11) is 0. The molecule has 2 N–H and O–H groups in total. The molecule has 0 saturated carbocycles. The van der Waals surface area contributed by atoms with Crippen molar-refractivity contribution in [3.8, 4) is 5.75 Å². The van der Waals surface area contributed by atoms with Gasteiger partial charge in [-0.15, -0.1) is 0 Å². The highest BCUT2D eigenvalue weighted by Crippen LogP contribution is 2.24. The van der Waals surface area contributed by atoms with Crippen LogP contribution in [-0.4, -0.2) is 23.6 Å². The molecule has 21 heavy (non-hydrogen) atoms. The van der Waals surface area contributed by atoms with E-state index >= 15 is 0 Å². The van der Waals surface area contributed by atoms with Crippen molar-refractivity contribution in [2.24, 2.45) is 0 Å². The van der Waals surface area contributed by atoms with Gasteiger partial charge in [0.2, 0.25) is 0 Å². The minimum absolute atomic E-state index is 0.264. The van der Waals surface area contributed by atoms with Crippen LogP contribution in [0, 0.1) is 6.92 Å². The molecule has 0 bridgehead atoms. The van der Waals surface area contributed by atoms with Gasteiger partial charge in [-0.25, -0.2) is 4.79 Å². The molecule has 0 aliphatic carbocycles. The zero-order valence-corrected chi connectivity index (χ0v) is 11.5. The Balaban J connectivity index is 2.18. The molecule has 0 heterocycles. The lowest BCUT2D eigenvalue weighted by molar-refractivity contribution is -0.139. The van der Waals surface area contributed by atoms with Gasteiger partial charge in [0.05, 0.1) is 5.69 Å². The molecule has 5 nitrogen and oxygen atoms in total. The van der Waals surface area contributed by atoms with Crippen molar-refractivity contribution in [3.63, 3.8) is 0 Å². The molecule has 0 fully saturated rings. The van der Waals surface area contributed by atoms with E-state index in [1.807, 2.05) is 19.1 Å². The first-order chi connectivity index (χ1) is 10.1. The normalized spacial score (nSPS) is 9.95. The number of aryl methyl sites for hydroxylation is 1. The first-order valence-electron chi connectivity index (χ1n) is 6.38. The van der Waals surface area contributed by atoms with Crippen LogP contribution in [0.5, 0.6) is 5.75 Å². The molecule has 1 amide bonds. The average molecular weight is 285 g/mol. The van der Waals surface area contributed by atoms with Crippen molar-refractivity contribution in [2.45, 2.75) is 6.92 Å². The largest absolute Gasteiger partial charge is 0.480 e. The quantitative estimate of drug-likeness (QED) is 0.885. The number of hydrogen-bond donors (Lipinski definition) is 2. The Hall–Kier alpha value is -2.82. The number of hydrogen-bond acceptors (Lipinski definition) is 3. The number of anilines is 1. The van der Waals surface area contributed by atoms with Gasteiger partial charge in [-0.2, -0.15) is 0 Å². The summed E-state index contributed by atoms with van der Waals surface area (Å²) in [4.78, 5) is 22.8. The van der Waals surface area contributed by atoms with E-state index < -0.39 is 12.6 Å². The zero-order chi connectivity index (χ0) is 15.2. The Morgan fingerprint density at radius 2 is 1.76 bits per heavy atom. The van der Waals surface area contributed by atoms with E-state index in [1.54, 1.807) is 36.4 Å². The van der Waals surface area contributed by atoms with Crippen LogP contribution in [0.25, 0.3) is 0 Å². The lowest BCUT2D eigenvalue weighted by Gasteiger charge is -2.12. The summed E-state index contributed by atoms with van der Waals surface area (Å²) >= 11 is 0. The Bertz CT molecular complexity index is 667. The zero-order valence-electron chi connectivity index (χ0n) is 11.5. The molecule has 0 spiro atoms. The number of carbonyl (C=O) groups is 2. The monoisotopic (exact) mass is 285 g/mol. The fourth-order valence-electron chi connectivity index (χ4n) is 1.85. The van der Waals surface area contributed by atoms with Crippen LogP contribution >= 0.6 is 0 Å². The first kappa shape index (κ1) is 14.6. The SMILES string of the molecule is Cc1ccccc1C(=O)Nc1ccccc1OCC(=O)O. The van der Waals surface area contributed by atoms with E-state index in [2.05, 4.69) is 5.32 Å². The highest BCUT2D eigenvalue weighted by Gasteiger charge is 2.12.